The molecule has 2 nitrogen and oxygen atoms in total. The summed E-state index contributed by atoms with van der Waals surface area (Å²) in [6.07, 6.45) is 10.3. The van der Waals surface area contributed by atoms with Crippen LogP contribution in [0.25, 0.3) is 11.3 Å². The Labute approximate surface area is 237 Å². The Kier molecular flexibility index (Phi) is 17.6. The minimum Gasteiger partial charge on any atom is 3.00 e. The van der Waals surface area contributed by atoms with Gasteiger partial charge in [0.1, 0.15) is 0 Å². The number of aromatic nitrogens is 1. The molecule has 1 aromatic heterocycles. The van der Waals surface area contributed by atoms with Gasteiger partial charge in [-0.15, -0.1) is 35.4 Å². The number of rotatable bonds is 10. The first kappa shape index (κ1) is 37.4. The molecule has 12 heteroatoms. The molecule has 0 saturated heterocycles. The Bertz CT molecular complexity index is 835. The Hall–Kier alpha value is -0.770. The Morgan fingerprint density at radius 1 is 0.917 bits per heavy atom. The van der Waals surface area contributed by atoms with E-state index < -0.39 is 7.81 Å². The fraction of sp³-hybridized carbons (Fsp3) is 0.500. The molecule has 0 atom stereocenters. The number of benzene rings is 1. The van der Waals surface area contributed by atoms with E-state index in [1.165, 1.54) is 44.1 Å². The van der Waals surface area contributed by atoms with Crippen molar-refractivity contribution in [2.75, 3.05) is 13.1 Å². The maximum atomic E-state index is 9.87. The van der Waals surface area contributed by atoms with Gasteiger partial charge in [-0.2, -0.15) is 0 Å². The van der Waals surface area contributed by atoms with E-state index in [1.54, 1.807) is 0 Å². The molecule has 1 heterocycles. The minimum absolute atomic E-state index is 0. The summed E-state index contributed by atoms with van der Waals surface area (Å²) in [7, 11) is -10.7. The number of unbranched alkanes of at least 4 members (excludes halogenated alkanes) is 3. The van der Waals surface area contributed by atoms with Crippen LogP contribution in [0, 0.1) is 6.07 Å². The van der Waals surface area contributed by atoms with Gasteiger partial charge < -0.3 is 34.7 Å². The van der Waals surface area contributed by atoms with Crippen molar-refractivity contribution in [3.8, 4) is 11.3 Å². The minimum atomic E-state index is -10.7. The average Bonchev–Trinajstić information content (AvgIpc) is 2.77. The third-order valence-corrected chi connectivity index (χ3v) is 4.97. The molecule has 0 saturated carbocycles. The third kappa shape index (κ3) is 24.9. The smallest absolute Gasteiger partial charge is 3.00 e. The zero-order valence-electron chi connectivity index (χ0n) is 20.6. The molecule has 0 bridgehead atoms. The van der Waals surface area contributed by atoms with Gasteiger partial charge in [0, 0.05) is 19.3 Å². The zero-order valence-corrected chi connectivity index (χ0v) is 25.3. The van der Waals surface area contributed by atoms with Gasteiger partial charge in [0.2, 0.25) is 0 Å². The molecule has 2 aromatic rings. The molecule has 0 spiro atoms. The SMILES string of the molecule is CCCCN(CCCC)C(=S)[S-].CCCCc1c[c-]c(-c2ccccn2)cc1.F[P-](F)(F)(F)(F)F.[Au+3]. The van der Waals surface area contributed by atoms with Crippen LogP contribution in [0.1, 0.15) is 64.9 Å². The first-order chi connectivity index (χ1) is 16.1. The largest absolute Gasteiger partial charge is 3.00 e. The first-order valence-corrected chi connectivity index (χ1v) is 14.4. The fourth-order valence-corrected chi connectivity index (χ4v) is 3.03. The monoisotopic (exact) mass is 756 g/mol. The number of nitrogens with zero attached hydrogens (tertiary/aromatic N) is 2. The van der Waals surface area contributed by atoms with E-state index in [1.807, 2.05) is 24.4 Å². The summed E-state index contributed by atoms with van der Waals surface area (Å²) in [5.41, 5.74) is 3.42. The van der Waals surface area contributed by atoms with Gasteiger partial charge in [-0.3, -0.25) is 0 Å². The van der Waals surface area contributed by atoms with E-state index in [4.69, 9.17) is 24.8 Å². The van der Waals surface area contributed by atoms with Crippen LogP contribution in [0.4, 0.5) is 25.2 Å². The quantitative estimate of drug-likeness (QED) is 0.0599. The third-order valence-electron chi connectivity index (χ3n) is 4.46. The molecule has 1 aromatic carbocycles. The van der Waals surface area contributed by atoms with Gasteiger partial charge in [0.25, 0.3) is 0 Å². The molecule has 0 unspecified atom stereocenters. The van der Waals surface area contributed by atoms with Crippen LogP contribution in [-0.2, 0) is 41.4 Å². The van der Waals surface area contributed by atoms with Gasteiger partial charge >= 0.3 is 55.4 Å². The van der Waals surface area contributed by atoms with Crippen molar-refractivity contribution < 1.29 is 47.6 Å². The average molecular weight is 757 g/mol. The summed E-state index contributed by atoms with van der Waals surface area (Å²) in [6, 6.07) is 15.6. The van der Waals surface area contributed by atoms with E-state index in [0.29, 0.717) is 4.32 Å². The predicted octanol–water partition coefficient (Wildman–Crippen LogP) is 9.99. The van der Waals surface area contributed by atoms with E-state index in [-0.39, 0.29) is 22.4 Å². The number of halogens is 6. The van der Waals surface area contributed by atoms with E-state index in [9.17, 15) is 25.2 Å². The maximum absolute atomic E-state index is 10.7. The topological polar surface area (TPSA) is 16.1 Å². The molecule has 0 aliphatic heterocycles. The van der Waals surface area contributed by atoms with Crippen molar-refractivity contribution in [2.45, 2.75) is 65.7 Å². The molecule has 210 valence electrons. The molecule has 0 aliphatic carbocycles. The number of hydrogen-bond acceptors (Lipinski definition) is 3. The van der Waals surface area contributed by atoms with E-state index in [2.05, 4.69) is 54.9 Å². The molecule has 0 N–H and O–H groups in total. The second-order valence-corrected chi connectivity index (χ2v) is 10.8. The van der Waals surface area contributed by atoms with Gasteiger partial charge in [0.15, 0.2) is 0 Å². The maximum Gasteiger partial charge on any atom is 3.00 e. The summed E-state index contributed by atoms with van der Waals surface area (Å²) in [5.74, 6) is 0. The molecular formula is C24H34AuF6N2PS2. The van der Waals surface area contributed by atoms with Gasteiger partial charge in [-0.25, -0.2) is 0 Å². The first-order valence-electron chi connectivity index (χ1n) is 11.5. The summed E-state index contributed by atoms with van der Waals surface area (Å²) >= 11 is 9.97. The number of hydrogen-bond donors (Lipinski definition) is 0. The van der Waals surface area contributed by atoms with Crippen molar-refractivity contribution in [3.05, 3.63) is 54.2 Å². The molecular weight excluding hydrogens is 722 g/mol. The molecule has 0 aliphatic rings. The van der Waals surface area contributed by atoms with Gasteiger partial charge in [0.05, 0.1) is 0 Å². The second-order valence-electron chi connectivity index (χ2n) is 7.85. The Balaban J connectivity index is 0. The Morgan fingerprint density at radius 3 is 1.81 bits per heavy atom. The van der Waals surface area contributed by atoms with Crippen molar-refractivity contribution in [1.29, 1.82) is 0 Å². The second kappa shape index (κ2) is 16.9. The van der Waals surface area contributed by atoms with E-state index >= 15 is 0 Å². The summed E-state index contributed by atoms with van der Waals surface area (Å²) < 4.78 is 59.8. The molecule has 0 radical (unpaired) electrons. The molecule has 2 rings (SSSR count). The summed E-state index contributed by atoms with van der Waals surface area (Å²) in [6.45, 7) is 8.67. The van der Waals surface area contributed by atoms with Crippen LogP contribution in [0.15, 0.2) is 42.6 Å². The van der Waals surface area contributed by atoms with Crippen LogP contribution in [-0.4, -0.2) is 27.3 Å². The number of thiocarbonyl (C=S) groups is 1. The van der Waals surface area contributed by atoms with Crippen molar-refractivity contribution in [2.24, 2.45) is 0 Å². The Morgan fingerprint density at radius 2 is 1.44 bits per heavy atom. The zero-order chi connectivity index (χ0) is 27.0. The number of aryl methyl sites for hydroxylation is 1. The van der Waals surface area contributed by atoms with Crippen LogP contribution in [0.2, 0.25) is 0 Å². The van der Waals surface area contributed by atoms with Gasteiger partial charge in [-0.1, -0.05) is 69.3 Å². The van der Waals surface area contributed by atoms with E-state index in [0.717, 1.165) is 30.8 Å². The predicted molar refractivity (Wildman–Crippen MR) is 142 cm³/mol. The fourth-order valence-electron chi connectivity index (χ4n) is 2.67. The van der Waals surface area contributed by atoms with Crippen molar-refractivity contribution >= 4 is 37.0 Å². The number of pyridine rings is 1. The summed E-state index contributed by atoms with van der Waals surface area (Å²) in [4.78, 5) is 6.45. The van der Waals surface area contributed by atoms with Crippen LogP contribution >= 0.6 is 20.0 Å². The molecule has 0 fully saturated rings. The van der Waals surface area contributed by atoms with Crippen LogP contribution in [0.3, 0.4) is 0 Å². The van der Waals surface area contributed by atoms with Crippen LogP contribution in [0.5, 0.6) is 0 Å². The molecule has 36 heavy (non-hydrogen) atoms. The normalized spacial score (nSPS) is 12.4. The standard InChI is InChI=1S/C15H16N.C9H19NS2.Au.F6P/c1-2-3-6-13-8-10-14(11-9-13)15-7-4-5-12-16-15;1-3-5-7-10(9(11)12)8-6-4-2;;1-7(2,3,4,5)6/h4-5,7-10,12H,2-3,6H2,1H3;3-8H2,1-2H3,(H,11,12);;/q-1;;+3;-1/p-1. The van der Waals surface area contributed by atoms with Crippen LogP contribution < -0.4 is 0 Å². The van der Waals surface area contributed by atoms with Crippen molar-refractivity contribution in [1.82, 2.24) is 9.88 Å². The van der Waals surface area contributed by atoms with Gasteiger partial charge in [-0.05, 0) is 24.6 Å². The summed E-state index contributed by atoms with van der Waals surface area (Å²) in [5, 5.41) is 0. The van der Waals surface area contributed by atoms with Crippen molar-refractivity contribution in [3.63, 3.8) is 0 Å². The molecule has 0 amide bonds.